The van der Waals surface area contributed by atoms with Crippen molar-refractivity contribution in [3.8, 4) is 17.0 Å². The molecule has 1 aromatic heterocycles. The van der Waals surface area contributed by atoms with Crippen molar-refractivity contribution in [2.45, 2.75) is 0 Å². The van der Waals surface area contributed by atoms with Crippen molar-refractivity contribution in [2.24, 2.45) is 0 Å². The highest BCUT2D eigenvalue weighted by Gasteiger charge is 2.15. The van der Waals surface area contributed by atoms with Crippen molar-refractivity contribution < 1.29 is 13.7 Å². The molecule has 0 aliphatic rings. The van der Waals surface area contributed by atoms with Gasteiger partial charge in [0.25, 0.3) is 0 Å². The molecule has 2 N–H and O–H groups in total. The third-order valence-electron chi connectivity index (χ3n) is 2.03. The molecule has 4 nitrogen and oxygen atoms in total. The van der Waals surface area contributed by atoms with Crippen molar-refractivity contribution in [3.63, 3.8) is 0 Å². The Morgan fingerprint density at radius 2 is 2.19 bits per heavy atom. The zero-order chi connectivity index (χ0) is 11.7. The lowest BCUT2D eigenvalue weighted by atomic mass is 10.1. The van der Waals surface area contributed by atoms with E-state index < -0.39 is 5.82 Å². The van der Waals surface area contributed by atoms with Crippen molar-refractivity contribution >= 4 is 21.8 Å². The van der Waals surface area contributed by atoms with Gasteiger partial charge in [-0.1, -0.05) is 21.1 Å². The van der Waals surface area contributed by atoms with Crippen molar-refractivity contribution in [1.82, 2.24) is 5.16 Å². The third-order valence-corrected chi connectivity index (χ3v) is 2.49. The quantitative estimate of drug-likeness (QED) is 0.922. The monoisotopic (exact) mass is 286 g/mol. The Balaban J connectivity index is 2.60. The highest BCUT2D eigenvalue weighted by molar-refractivity contribution is 9.10. The van der Waals surface area contributed by atoms with Crippen LogP contribution in [0, 0.1) is 5.82 Å². The fraction of sp³-hybridized carbons (Fsp3) is 0.100. The van der Waals surface area contributed by atoms with Gasteiger partial charge in [-0.2, -0.15) is 0 Å². The Morgan fingerprint density at radius 3 is 2.75 bits per heavy atom. The maximum Gasteiger partial charge on any atom is 0.222 e. The van der Waals surface area contributed by atoms with Crippen LogP contribution in [-0.2, 0) is 0 Å². The van der Waals surface area contributed by atoms with Crippen LogP contribution in [0.25, 0.3) is 11.3 Å². The van der Waals surface area contributed by atoms with Crippen LogP contribution in [-0.4, -0.2) is 12.3 Å². The molecule has 0 unspecified atom stereocenters. The van der Waals surface area contributed by atoms with E-state index in [0.717, 1.165) is 0 Å². The number of anilines is 1. The molecule has 0 fully saturated rings. The number of nitrogens with zero attached hydrogens (tertiary/aromatic N) is 1. The number of methoxy groups -OCH3 is 1. The van der Waals surface area contributed by atoms with Crippen LogP contribution in [0.3, 0.4) is 0 Å². The van der Waals surface area contributed by atoms with E-state index in [2.05, 4.69) is 21.1 Å². The molecule has 0 bridgehead atoms. The number of ether oxygens (including phenoxy) is 1. The summed E-state index contributed by atoms with van der Waals surface area (Å²) in [6, 6.07) is 4.56. The van der Waals surface area contributed by atoms with Gasteiger partial charge in [0.2, 0.25) is 5.88 Å². The molecule has 0 saturated carbocycles. The summed E-state index contributed by atoms with van der Waals surface area (Å²) in [5.41, 5.74) is 5.98. The summed E-state index contributed by atoms with van der Waals surface area (Å²) in [5.74, 6) is -0.238. The van der Waals surface area contributed by atoms with E-state index >= 15 is 0 Å². The maximum absolute atomic E-state index is 13.9. The van der Waals surface area contributed by atoms with Gasteiger partial charge in [0, 0.05) is 16.1 Å². The number of nitrogen functional groups attached to an aromatic ring is 1. The second kappa shape index (κ2) is 4.13. The summed E-state index contributed by atoms with van der Waals surface area (Å²) < 4.78 is 24.2. The first-order chi connectivity index (χ1) is 7.61. The number of halogens is 2. The Labute approximate surface area is 99.3 Å². The van der Waals surface area contributed by atoms with Gasteiger partial charge < -0.3 is 15.0 Å². The zero-order valence-corrected chi connectivity index (χ0v) is 9.92. The predicted octanol–water partition coefficient (Wildman–Crippen LogP) is 2.83. The molecular weight excluding hydrogens is 279 g/mol. The van der Waals surface area contributed by atoms with Gasteiger partial charge in [-0.05, 0) is 12.1 Å². The lowest BCUT2D eigenvalue weighted by molar-refractivity contribution is 0.386. The van der Waals surface area contributed by atoms with Gasteiger partial charge in [0.05, 0.1) is 7.11 Å². The molecule has 2 aromatic rings. The summed E-state index contributed by atoms with van der Waals surface area (Å²) in [4.78, 5) is 0. The van der Waals surface area contributed by atoms with Crippen LogP contribution < -0.4 is 10.5 Å². The van der Waals surface area contributed by atoms with Crippen LogP contribution >= 0.6 is 15.9 Å². The maximum atomic E-state index is 13.9. The average Bonchev–Trinajstić information content (AvgIpc) is 2.67. The summed E-state index contributed by atoms with van der Waals surface area (Å²) in [6.45, 7) is 0. The molecule has 0 aliphatic heterocycles. The Hall–Kier alpha value is -1.56. The first kappa shape index (κ1) is 10.9. The first-order valence-corrected chi connectivity index (χ1v) is 5.16. The second-order valence-electron chi connectivity index (χ2n) is 3.08. The van der Waals surface area contributed by atoms with Gasteiger partial charge in [0.1, 0.15) is 5.69 Å². The van der Waals surface area contributed by atoms with E-state index in [1.165, 1.54) is 19.2 Å². The number of nitrogens with two attached hydrogens (primary N) is 1. The number of aromatic nitrogens is 1. The van der Waals surface area contributed by atoms with Crippen LogP contribution in [0.5, 0.6) is 5.75 Å². The smallest absolute Gasteiger partial charge is 0.222 e. The first-order valence-electron chi connectivity index (χ1n) is 4.37. The highest BCUT2D eigenvalue weighted by Crippen LogP contribution is 2.32. The average molecular weight is 287 g/mol. The van der Waals surface area contributed by atoms with E-state index in [4.69, 9.17) is 15.0 Å². The molecule has 0 amide bonds. The minimum Gasteiger partial charge on any atom is -0.494 e. The van der Waals surface area contributed by atoms with Crippen LogP contribution in [0.15, 0.2) is 27.2 Å². The Morgan fingerprint density at radius 1 is 1.44 bits per heavy atom. The van der Waals surface area contributed by atoms with Crippen LogP contribution in [0.1, 0.15) is 0 Å². The van der Waals surface area contributed by atoms with Crippen molar-refractivity contribution in [3.05, 3.63) is 28.5 Å². The van der Waals surface area contributed by atoms with Gasteiger partial charge in [-0.3, -0.25) is 0 Å². The molecule has 0 spiro atoms. The standard InChI is InChI=1S/C10H8BrFN2O2/c1-15-8-3-5(11)2-6(10(8)12)7-4-9(13)16-14-7/h2-4H,13H2,1H3. The van der Waals surface area contributed by atoms with E-state index in [1.807, 2.05) is 0 Å². The predicted molar refractivity (Wildman–Crippen MR) is 60.6 cm³/mol. The van der Waals surface area contributed by atoms with Gasteiger partial charge >= 0.3 is 0 Å². The van der Waals surface area contributed by atoms with E-state index in [1.54, 1.807) is 6.07 Å². The molecular formula is C10H8BrFN2O2. The molecule has 6 heteroatoms. The highest BCUT2D eigenvalue weighted by atomic mass is 79.9. The van der Waals surface area contributed by atoms with Gasteiger partial charge in [-0.25, -0.2) is 4.39 Å². The lowest BCUT2D eigenvalue weighted by Gasteiger charge is -2.06. The largest absolute Gasteiger partial charge is 0.494 e. The SMILES string of the molecule is COc1cc(Br)cc(-c2cc(N)on2)c1F. The normalized spacial score (nSPS) is 10.4. The molecule has 0 saturated heterocycles. The summed E-state index contributed by atoms with van der Waals surface area (Å²) in [6.07, 6.45) is 0. The topological polar surface area (TPSA) is 61.3 Å². The van der Waals surface area contributed by atoms with E-state index in [-0.39, 0.29) is 17.2 Å². The molecule has 1 heterocycles. The molecule has 16 heavy (non-hydrogen) atoms. The third kappa shape index (κ3) is 1.88. The molecule has 0 aliphatic carbocycles. The summed E-state index contributed by atoms with van der Waals surface area (Å²) in [7, 11) is 1.39. The Bertz CT molecular complexity index is 528. The molecule has 84 valence electrons. The van der Waals surface area contributed by atoms with Crippen molar-refractivity contribution in [2.75, 3.05) is 12.8 Å². The number of hydrogen-bond donors (Lipinski definition) is 1. The van der Waals surface area contributed by atoms with Crippen molar-refractivity contribution in [1.29, 1.82) is 0 Å². The summed E-state index contributed by atoms with van der Waals surface area (Å²) in [5, 5.41) is 3.65. The molecule has 1 aromatic carbocycles. The minimum atomic E-state index is -0.501. The Kier molecular flexibility index (Phi) is 2.82. The number of rotatable bonds is 2. The summed E-state index contributed by atoms with van der Waals surface area (Å²) >= 11 is 3.26. The minimum absolute atomic E-state index is 0.131. The van der Waals surface area contributed by atoms with Crippen LogP contribution in [0.2, 0.25) is 0 Å². The van der Waals surface area contributed by atoms with E-state index in [9.17, 15) is 4.39 Å². The van der Waals surface area contributed by atoms with Gasteiger partial charge in [0.15, 0.2) is 11.6 Å². The van der Waals surface area contributed by atoms with Crippen LogP contribution in [0.4, 0.5) is 10.3 Å². The second-order valence-corrected chi connectivity index (χ2v) is 4.00. The fourth-order valence-electron chi connectivity index (χ4n) is 1.32. The lowest BCUT2D eigenvalue weighted by Crippen LogP contribution is -1.92. The number of hydrogen-bond acceptors (Lipinski definition) is 4. The molecule has 2 rings (SSSR count). The zero-order valence-electron chi connectivity index (χ0n) is 8.33. The fourth-order valence-corrected chi connectivity index (χ4v) is 1.75. The molecule has 0 radical (unpaired) electrons. The van der Waals surface area contributed by atoms with E-state index in [0.29, 0.717) is 10.2 Å². The van der Waals surface area contributed by atoms with Gasteiger partial charge in [-0.15, -0.1) is 0 Å². The molecule has 0 atom stereocenters. The number of benzene rings is 1.